The van der Waals surface area contributed by atoms with Crippen LogP contribution in [0.5, 0.6) is 0 Å². The topological polar surface area (TPSA) is 86.6 Å². The van der Waals surface area contributed by atoms with E-state index in [9.17, 15) is 22.4 Å². The second kappa shape index (κ2) is 4.43. The van der Waals surface area contributed by atoms with E-state index in [1.54, 1.807) is 0 Å². The SMILES string of the molecule is O=C(O)C(F)(F)F.O=C(O)C1(F)CNC1. The molecule has 9 heteroatoms. The minimum atomic E-state index is -5.08. The van der Waals surface area contributed by atoms with Gasteiger partial charge >= 0.3 is 18.1 Å². The van der Waals surface area contributed by atoms with Gasteiger partial charge < -0.3 is 15.5 Å². The van der Waals surface area contributed by atoms with Crippen LogP contribution in [0.15, 0.2) is 0 Å². The number of carboxylic acid groups (broad SMARTS) is 2. The third kappa shape index (κ3) is 4.11. The third-order valence-electron chi connectivity index (χ3n) is 1.44. The highest BCUT2D eigenvalue weighted by Crippen LogP contribution is 2.15. The van der Waals surface area contributed by atoms with Gasteiger partial charge in [0.05, 0.1) is 0 Å². The summed E-state index contributed by atoms with van der Waals surface area (Å²) < 4.78 is 44.1. The van der Waals surface area contributed by atoms with E-state index in [2.05, 4.69) is 5.32 Å². The Morgan fingerprint density at radius 3 is 1.53 bits per heavy atom. The van der Waals surface area contributed by atoms with Gasteiger partial charge in [-0.25, -0.2) is 14.0 Å². The van der Waals surface area contributed by atoms with Gasteiger partial charge in [-0.15, -0.1) is 0 Å². The molecule has 1 aliphatic heterocycles. The molecule has 0 aromatic heterocycles. The lowest BCUT2D eigenvalue weighted by molar-refractivity contribution is -0.192. The molecule has 0 atom stereocenters. The van der Waals surface area contributed by atoms with Crippen molar-refractivity contribution in [3.05, 3.63) is 0 Å². The normalized spacial score (nSPS) is 18.1. The summed E-state index contributed by atoms with van der Waals surface area (Å²) in [5, 5.41) is 17.7. The quantitative estimate of drug-likeness (QED) is 0.555. The number of nitrogens with one attached hydrogen (secondary N) is 1. The van der Waals surface area contributed by atoms with Gasteiger partial charge in [-0.1, -0.05) is 0 Å². The zero-order valence-corrected chi connectivity index (χ0v) is 7.14. The Kier molecular flexibility index (Phi) is 4.02. The molecule has 1 saturated heterocycles. The molecule has 0 bridgehead atoms. The van der Waals surface area contributed by atoms with Crippen LogP contribution >= 0.6 is 0 Å². The van der Waals surface area contributed by atoms with Crippen molar-refractivity contribution in [2.45, 2.75) is 11.8 Å². The van der Waals surface area contributed by atoms with E-state index < -0.39 is 23.8 Å². The van der Waals surface area contributed by atoms with E-state index in [0.717, 1.165) is 0 Å². The fraction of sp³-hybridized carbons (Fsp3) is 0.667. The zero-order valence-electron chi connectivity index (χ0n) is 7.14. The Morgan fingerprint density at radius 1 is 1.20 bits per heavy atom. The highest BCUT2D eigenvalue weighted by molar-refractivity contribution is 5.79. The highest BCUT2D eigenvalue weighted by atomic mass is 19.4. The van der Waals surface area contributed by atoms with Crippen LogP contribution in [-0.2, 0) is 9.59 Å². The lowest BCUT2D eigenvalue weighted by atomic mass is 10.0. The molecule has 0 aromatic carbocycles. The Morgan fingerprint density at radius 2 is 1.53 bits per heavy atom. The molecule has 15 heavy (non-hydrogen) atoms. The van der Waals surface area contributed by atoms with Crippen molar-refractivity contribution in [3.63, 3.8) is 0 Å². The molecule has 1 aliphatic rings. The fourth-order valence-electron chi connectivity index (χ4n) is 0.496. The van der Waals surface area contributed by atoms with Gasteiger partial charge in [0.1, 0.15) is 0 Å². The fourth-order valence-corrected chi connectivity index (χ4v) is 0.496. The van der Waals surface area contributed by atoms with E-state index in [-0.39, 0.29) is 13.1 Å². The molecule has 0 amide bonds. The van der Waals surface area contributed by atoms with Gasteiger partial charge in [-0.3, -0.25) is 0 Å². The average Bonchev–Trinajstić information content (AvgIpc) is 1.99. The monoisotopic (exact) mass is 233 g/mol. The molecule has 88 valence electrons. The van der Waals surface area contributed by atoms with E-state index in [1.807, 2.05) is 0 Å². The molecule has 0 unspecified atom stereocenters. The lowest BCUT2D eigenvalue weighted by Gasteiger charge is -2.29. The molecule has 1 heterocycles. The molecule has 0 saturated carbocycles. The van der Waals surface area contributed by atoms with Gasteiger partial charge in [-0.05, 0) is 0 Å². The first kappa shape index (κ1) is 13.6. The number of hydrogen-bond acceptors (Lipinski definition) is 3. The van der Waals surface area contributed by atoms with Crippen LogP contribution < -0.4 is 5.32 Å². The van der Waals surface area contributed by atoms with Gasteiger partial charge in [0.2, 0.25) is 5.67 Å². The summed E-state index contributed by atoms with van der Waals surface area (Å²) in [6.45, 7) is -0.106. The number of alkyl halides is 4. The third-order valence-corrected chi connectivity index (χ3v) is 1.44. The standard InChI is InChI=1S/C4H6FNO2.C2HF3O2/c5-4(3(7)8)1-6-2-4;3-2(4,5)1(6)7/h6H,1-2H2,(H,7,8);(H,6,7). The maximum absolute atomic E-state index is 12.4. The van der Waals surface area contributed by atoms with Gasteiger partial charge in [0.15, 0.2) is 0 Å². The molecular weight excluding hydrogens is 226 g/mol. The molecule has 1 fully saturated rings. The van der Waals surface area contributed by atoms with E-state index in [0.29, 0.717) is 0 Å². The molecule has 0 spiro atoms. The summed E-state index contributed by atoms with van der Waals surface area (Å²) in [4.78, 5) is 18.8. The smallest absolute Gasteiger partial charge is 0.479 e. The Bertz CT molecular complexity index is 260. The molecule has 0 radical (unpaired) electrons. The Hall–Kier alpha value is -1.38. The Labute approximate surface area is 80.7 Å². The summed E-state index contributed by atoms with van der Waals surface area (Å²) in [5.74, 6) is -4.12. The number of hydrogen-bond donors (Lipinski definition) is 3. The molecular formula is C6H7F4NO4. The first-order valence-corrected chi connectivity index (χ1v) is 3.53. The highest BCUT2D eigenvalue weighted by Gasteiger charge is 2.44. The summed E-state index contributed by atoms with van der Waals surface area (Å²) in [5.41, 5.74) is -1.97. The van der Waals surface area contributed by atoms with Crippen LogP contribution in [0.1, 0.15) is 0 Å². The van der Waals surface area contributed by atoms with E-state index in [4.69, 9.17) is 15.0 Å². The molecule has 0 aromatic rings. The van der Waals surface area contributed by atoms with Gasteiger partial charge in [0, 0.05) is 13.1 Å². The van der Waals surface area contributed by atoms with Crippen molar-refractivity contribution in [3.8, 4) is 0 Å². The molecule has 1 rings (SSSR count). The van der Waals surface area contributed by atoms with Gasteiger partial charge in [0.25, 0.3) is 0 Å². The second-order valence-corrected chi connectivity index (χ2v) is 2.68. The lowest BCUT2D eigenvalue weighted by Crippen LogP contribution is -2.61. The number of halogens is 4. The second-order valence-electron chi connectivity index (χ2n) is 2.68. The summed E-state index contributed by atoms with van der Waals surface area (Å²) in [6, 6.07) is 0. The maximum Gasteiger partial charge on any atom is 0.490 e. The van der Waals surface area contributed by atoms with Crippen molar-refractivity contribution in [2.75, 3.05) is 13.1 Å². The Balaban J connectivity index is 0.000000265. The number of carboxylic acids is 2. The predicted molar refractivity (Wildman–Crippen MR) is 38.0 cm³/mol. The minimum absolute atomic E-state index is 0.0532. The minimum Gasteiger partial charge on any atom is -0.479 e. The van der Waals surface area contributed by atoms with Crippen LogP contribution in [0.4, 0.5) is 17.6 Å². The maximum atomic E-state index is 12.4. The van der Waals surface area contributed by atoms with Crippen LogP contribution in [-0.4, -0.2) is 47.1 Å². The van der Waals surface area contributed by atoms with Crippen LogP contribution in [0.3, 0.4) is 0 Å². The zero-order chi connectivity index (χ0) is 12.3. The van der Waals surface area contributed by atoms with Gasteiger partial charge in [-0.2, -0.15) is 13.2 Å². The van der Waals surface area contributed by atoms with Crippen molar-refractivity contribution < 1.29 is 37.4 Å². The van der Waals surface area contributed by atoms with E-state index in [1.165, 1.54) is 0 Å². The van der Waals surface area contributed by atoms with Crippen LogP contribution in [0.25, 0.3) is 0 Å². The molecule has 5 nitrogen and oxygen atoms in total. The first-order chi connectivity index (χ1) is 6.59. The van der Waals surface area contributed by atoms with Crippen LogP contribution in [0.2, 0.25) is 0 Å². The molecule has 3 N–H and O–H groups in total. The van der Waals surface area contributed by atoms with Crippen molar-refractivity contribution in [2.24, 2.45) is 0 Å². The van der Waals surface area contributed by atoms with Crippen molar-refractivity contribution >= 4 is 11.9 Å². The van der Waals surface area contributed by atoms with Crippen molar-refractivity contribution in [1.29, 1.82) is 0 Å². The predicted octanol–water partition coefficient (Wildman–Crippen LogP) is 0.0158. The number of rotatable bonds is 1. The summed E-state index contributed by atoms with van der Waals surface area (Å²) in [7, 11) is 0. The van der Waals surface area contributed by atoms with E-state index >= 15 is 0 Å². The largest absolute Gasteiger partial charge is 0.490 e. The average molecular weight is 233 g/mol. The summed E-state index contributed by atoms with van der Waals surface area (Å²) >= 11 is 0. The molecule has 0 aliphatic carbocycles. The number of carbonyl (C=O) groups is 2. The van der Waals surface area contributed by atoms with Crippen molar-refractivity contribution in [1.82, 2.24) is 5.32 Å². The summed E-state index contributed by atoms with van der Waals surface area (Å²) in [6.07, 6.45) is -5.08. The first-order valence-electron chi connectivity index (χ1n) is 3.53. The number of aliphatic carboxylic acids is 2. The van der Waals surface area contributed by atoms with Crippen LogP contribution in [0, 0.1) is 0 Å².